The van der Waals surface area contributed by atoms with E-state index >= 15 is 0 Å². The van der Waals surface area contributed by atoms with Gasteiger partial charge in [-0.1, -0.05) is 17.5 Å². The van der Waals surface area contributed by atoms with Crippen LogP contribution in [0.15, 0.2) is 11.0 Å². The lowest BCUT2D eigenvalue weighted by Gasteiger charge is -2.24. The molecular weight excluding hydrogens is 323 g/mol. The van der Waals surface area contributed by atoms with Gasteiger partial charge in [0.2, 0.25) is 0 Å². The Labute approximate surface area is 129 Å². The summed E-state index contributed by atoms with van der Waals surface area (Å²) in [7, 11) is 0. The van der Waals surface area contributed by atoms with Gasteiger partial charge in [0, 0.05) is 5.38 Å². The van der Waals surface area contributed by atoms with Crippen LogP contribution in [0, 0.1) is 11.3 Å². The number of halogens is 2. The number of nitrogens with two attached hydrogens (primary N) is 1. The highest BCUT2D eigenvalue weighted by Gasteiger charge is 2.57. The number of hydrogen-bond donors (Lipinski definition) is 3. The summed E-state index contributed by atoms with van der Waals surface area (Å²) in [5, 5.41) is 25.7. The fourth-order valence-corrected chi connectivity index (χ4v) is 2.57. The normalized spacial score (nSPS) is 33.3. The van der Waals surface area contributed by atoms with Gasteiger partial charge in [0.25, 0.3) is 0 Å². The quantitative estimate of drug-likeness (QED) is 0.470. The van der Waals surface area contributed by atoms with Crippen LogP contribution in [0.3, 0.4) is 0 Å². The van der Waals surface area contributed by atoms with Crippen molar-refractivity contribution in [2.24, 2.45) is 0 Å². The van der Waals surface area contributed by atoms with Gasteiger partial charge in [-0.05, 0) is 18.5 Å². The highest BCUT2D eigenvalue weighted by molar-refractivity contribution is 6.32. The number of aliphatic hydroxyl groups excluding tert-OH is 2. The lowest BCUT2D eigenvalue weighted by atomic mass is 9.97. The number of ether oxygens (including phenoxy) is 1. The number of anilines is 1. The first-order chi connectivity index (χ1) is 9.81. The molecule has 2 unspecified atom stereocenters. The maximum absolute atomic E-state index is 11.8. The molecule has 8 nitrogen and oxygen atoms in total. The van der Waals surface area contributed by atoms with Crippen LogP contribution < -0.4 is 11.4 Å². The molecule has 1 aromatic rings. The summed E-state index contributed by atoms with van der Waals surface area (Å²) in [6, 6.07) is 0. The van der Waals surface area contributed by atoms with Gasteiger partial charge >= 0.3 is 5.69 Å². The number of alkyl halides is 1. The predicted molar refractivity (Wildman–Crippen MR) is 74.5 cm³/mol. The number of aliphatic hydroxyl groups is 2. The van der Waals surface area contributed by atoms with Crippen molar-refractivity contribution in [1.29, 1.82) is 0 Å². The number of nitrogen functional groups attached to an aromatic ring is 1. The van der Waals surface area contributed by atoms with Crippen molar-refractivity contribution in [2.45, 2.75) is 36.3 Å². The van der Waals surface area contributed by atoms with Gasteiger partial charge in [0.05, 0.1) is 12.3 Å². The molecule has 2 heterocycles. The fourth-order valence-electron chi connectivity index (χ4n) is 2.05. The van der Waals surface area contributed by atoms with Crippen LogP contribution in [0.25, 0.3) is 0 Å². The van der Waals surface area contributed by atoms with E-state index in [1.165, 1.54) is 6.92 Å². The number of hydrogen-bond acceptors (Lipinski definition) is 7. The molecule has 0 aliphatic carbocycles. The average molecular weight is 335 g/mol. The molecule has 4 N–H and O–H groups in total. The molecule has 2 rings (SSSR count). The second kappa shape index (κ2) is 5.79. The molecule has 1 fully saturated rings. The van der Waals surface area contributed by atoms with Gasteiger partial charge in [-0.15, -0.1) is 0 Å². The third-order valence-electron chi connectivity index (χ3n) is 3.06. The van der Waals surface area contributed by atoms with E-state index in [4.69, 9.17) is 33.7 Å². The lowest BCUT2D eigenvalue weighted by molar-refractivity contribution is -0.0809. The standard InChI is InChI=1S/C11H12Cl2N4O4/c1-5(18)7-8(19)11(13,2-3-12)9(21-7)17-10(20)16-6(14)4-15-17/h4-5,7-9,18-19H,1H3,(H2,14,16,20)/t5-,7+,8?,9+,11?/m0/s1. The van der Waals surface area contributed by atoms with Gasteiger partial charge < -0.3 is 20.7 Å². The van der Waals surface area contributed by atoms with E-state index in [0.29, 0.717) is 0 Å². The lowest BCUT2D eigenvalue weighted by Crippen LogP contribution is -2.45. The molecule has 114 valence electrons. The highest BCUT2D eigenvalue weighted by Crippen LogP contribution is 2.43. The molecule has 0 aromatic carbocycles. The van der Waals surface area contributed by atoms with E-state index in [0.717, 1.165) is 10.9 Å². The SMILES string of the molecule is C[C@H](O)[C@H]1O[C@@H](n2ncc(N)nc2=O)C(Cl)(C#CCl)C1O. The van der Waals surface area contributed by atoms with Gasteiger partial charge in [-0.2, -0.15) is 14.8 Å². The van der Waals surface area contributed by atoms with Crippen LogP contribution in [-0.2, 0) is 4.74 Å². The van der Waals surface area contributed by atoms with Crippen LogP contribution in [-0.4, -0.2) is 48.2 Å². The summed E-state index contributed by atoms with van der Waals surface area (Å²) in [6.45, 7) is 1.40. The summed E-state index contributed by atoms with van der Waals surface area (Å²) in [4.78, 5) is 13.6. The van der Waals surface area contributed by atoms with Crippen LogP contribution in [0.4, 0.5) is 5.82 Å². The van der Waals surface area contributed by atoms with E-state index in [9.17, 15) is 15.0 Å². The minimum atomic E-state index is -1.77. The molecule has 0 spiro atoms. The number of rotatable bonds is 2. The molecular formula is C11H12Cl2N4O4. The highest BCUT2D eigenvalue weighted by atomic mass is 35.5. The first-order valence-electron chi connectivity index (χ1n) is 5.86. The Hall–Kier alpha value is -1.37. The number of aromatic nitrogens is 3. The van der Waals surface area contributed by atoms with Gasteiger partial charge in [-0.3, -0.25) is 0 Å². The zero-order valence-corrected chi connectivity index (χ0v) is 12.3. The monoisotopic (exact) mass is 334 g/mol. The third-order valence-corrected chi connectivity index (χ3v) is 3.66. The molecule has 0 bridgehead atoms. The van der Waals surface area contributed by atoms with Crippen molar-refractivity contribution in [3.63, 3.8) is 0 Å². The molecule has 1 aliphatic heterocycles. The average Bonchev–Trinajstić information content (AvgIpc) is 2.64. The molecule has 5 atom stereocenters. The third kappa shape index (κ3) is 2.71. The van der Waals surface area contributed by atoms with Gasteiger partial charge in [0.15, 0.2) is 11.1 Å². The second-order valence-corrected chi connectivity index (χ2v) is 5.35. The first kappa shape index (κ1) is 16.0. The van der Waals surface area contributed by atoms with Crippen molar-refractivity contribution in [3.05, 3.63) is 16.7 Å². The maximum atomic E-state index is 11.8. The van der Waals surface area contributed by atoms with Crippen molar-refractivity contribution in [3.8, 4) is 11.3 Å². The summed E-state index contributed by atoms with van der Waals surface area (Å²) < 4.78 is 6.22. The van der Waals surface area contributed by atoms with Gasteiger partial charge in [-0.25, -0.2) is 4.79 Å². The van der Waals surface area contributed by atoms with E-state index in [1.807, 2.05) is 0 Å². The Morgan fingerprint density at radius 1 is 1.67 bits per heavy atom. The molecule has 0 radical (unpaired) electrons. The maximum Gasteiger partial charge on any atom is 0.368 e. The molecule has 10 heteroatoms. The Morgan fingerprint density at radius 3 is 2.86 bits per heavy atom. The summed E-state index contributed by atoms with van der Waals surface area (Å²) in [5.74, 6) is 2.30. The van der Waals surface area contributed by atoms with Crippen molar-refractivity contribution in [2.75, 3.05) is 5.73 Å². The van der Waals surface area contributed by atoms with Crippen LogP contribution >= 0.6 is 23.2 Å². The summed E-state index contributed by atoms with van der Waals surface area (Å²) >= 11 is 11.6. The molecule has 0 saturated carbocycles. The molecule has 1 saturated heterocycles. The molecule has 0 amide bonds. The summed E-state index contributed by atoms with van der Waals surface area (Å²) in [5.41, 5.74) is 4.52. The smallest absolute Gasteiger partial charge is 0.368 e. The minimum Gasteiger partial charge on any atom is -0.391 e. The minimum absolute atomic E-state index is 0.0783. The fraction of sp³-hybridized carbons (Fsp3) is 0.545. The zero-order valence-electron chi connectivity index (χ0n) is 10.8. The largest absolute Gasteiger partial charge is 0.391 e. The van der Waals surface area contributed by atoms with Crippen LogP contribution in [0.2, 0.25) is 0 Å². The van der Waals surface area contributed by atoms with E-state index in [2.05, 4.69) is 21.4 Å². The van der Waals surface area contributed by atoms with Crippen LogP contribution in [0.1, 0.15) is 13.2 Å². The molecule has 1 aliphatic rings. The summed E-state index contributed by atoms with van der Waals surface area (Å²) in [6.07, 6.45) is -3.70. The van der Waals surface area contributed by atoms with Gasteiger partial charge in [0.1, 0.15) is 18.0 Å². The van der Waals surface area contributed by atoms with Crippen molar-refractivity contribution in [1.82, 2.24) is 14.8 Å². The molecule has 1 aromatic heterocycles. The molecule has 21 heavy (non-hydrogen) atoms. The van der Waals surface area contributed by atoms with E-state index < -0.39 is 35.1 Å². The topological polar surface area (TPSA) is 123 Å². The number of nitrogens with zero attached hydrogens (tertiary/aromatic N) is 3. The van der Waals surface area contributed by atoms with E-state index in [-0.39, 0.29) is 5.82 Å². The van der Waals surface area contributed by atoms with Crippen molar-refractivity contribution >= 4 is 29.0 Å². The Morgan fingerprint density at radius 2 is 2.33 bits per heavy atom. The van der Waals surface area contributed by atoms with Crippen molar-refractivity contribution < 1.29 is 14.9 Å². The first-order valence-corrected chi connectivity index (χ1v) is 6.61. The Bertz CT molecular complexity index is 656. The second-order valence-electron chi connectivity index (χ2n) is 4.53. The Balaban J connectivity index is 2.54. The van der Waals surface area contributed by atoms with Crippen LogP contribution in [0.5, 0.6) is 0 Å². The van der Waals surface area contributed by atoms with E-state index in [1.54, 1.807) is 0 Å². The predicted octanol–water partition coefficient (Wildman–Crippen LogP) is -0.963. The zero-order chi connectivity index (χ0) is 15.8. The Kier molecular flexibility index (Phi) is 4.41.